The summed E-state index contributed by atoms with van der Waals surface area (Å²) in [5.41, 5.74) is 1.33. The van der Waals surface area contributed by atoms with E-state index < -0.39 is 0 Å². The van der Waals surface area contributed by atoms with Crippen molar-refractivity contribution in [2.24, 2.45) is 5.92 Å². The fourth-order valence-corrected chi connectivity index (χ4v) is 3.91. The number of amides is 1. The number of benzene rings is 1. The first-order chi connectivity index (χ1) is 12.3. The Labute approximate surface area is 154 Å². The first-order valence-electron chi connectivity index (χ1n) is 8.88. The van der Waals surface area contributed by atoms with E-state index in [-0.39, 0.29) is 11.8 Å². The Kier molecular flexibility index (Phi) is 6.74. The van der Waals surface area contributed by atoms with E-state index in [4.69, 9.17) is 0 Å². The molecule has 4 nitrogen and oxygen atoms in total. The third-order valence-corrected chi connectivity index (χ3v) is 5.45. The van der Waals surface area contributed by atoms with E-state index in [1.165, 1.54) is 5.56 Å². The molecule has 1 N–H and O–H groups in total. The van der Waals surface area contributed by atoms with Crippen molar-refractivity contribution in [3.63, 3.8) is 0 Å². The predicted octanol–water partition coefficient (Wildman–Crippen LogP) is 3.35. The van der Waals surface area contributed by atoms with Gasteiger partial charge in [0, 0.05) is 37.3 Å². The average molecular weight is 356 g/mol. The molecule has 1 saturated heterocycles. The van der Waals surface area contributed by atoms with Gasteiger partial charge in [-0.3, -0.25) is 4.79 Å². The predicted molar refractivity (Wildman–Crippen MR) is 105 cm³/mol. The van der Waals surface area contributed by atoms with Gasteiger partial charge in [-0.25, -0.2) is 4.98 Å². The highest BCUT2D eigenvalue weighted by atomic mass is 32.2. The second kappa shape index (κ2) is 9.47. The molecule has 1 amide bonds. The molecule has 0 saturated carbocycles. The van der Waals surface area contributed by atoms with Gasteiger partial charge in [-0.15, -0.1) is 0 Å². The molecule has 0 spiro atoms. The van der Waals surface area contributed by atoms with Gasteiger partial charge in [0.2, 0.25) is 5.91 Å². The van der Waals surface area contributed by atoms with Gasteiger partial charge in [0.05, 0.1) is 5.92 Å². The fraction of sp³-hybridized carbons (Fsp3) is 0.400. The van der Waals surface area contributed by atoms with Crippen molar-refractivity contribution < 1.29 is 4.79 Å². The quantitative estimate of drug-likeness (QED) is 0.774. The van der Waals surface area contributed by atoms with E-state index in [2.05, 4.69) is 39.5 Å². The molecule has 5 heteroatoms. The van der Waals surface area contributed by atoms with E-state index in [9.17, 15) is 4.79 Å². The molecular weight excluding hydrogens is 330 g/mol. The zero-order chi connectivity index (χ0) is 17.3. The molecule has 132 valence electrons. The van der Waals surface area contributed by atoms with Crippen LogP contribution in [0.5, 0.6) is 0 Å². The number of aromatic nitrogens is 1. The van der Waals surface area contributed by atoms with E-state index in [0.29, 0.717) is 0 Å². The van der Waals surface area contributed by atoms with Crippen LogP contribution in [0.4, 0.5) is 5.82 Å². The maximum atomic E-state index is 12.4. The number of hydrogen-bond donors (Lipinski definition) is 1. The lowest BCUT2D eigenvalue weighted by Gasteiger charge is -2.32. The number of piperidine rings is 1. The second-order valence-corrected chi connectivity index (χ2v) is 7.41. The minimum Gasteiger partial charge on any atom is -0.356 e. The molecule has 3 rings (SSSR count). The summed E-state index contributed by atoms with van der Waals surface area (Å²) in [5, 5.41) is 3.10. The molecule has 0 aliphatic carbocycles. The van der Waals surface area contributed by atoms with Gasteiger partial charge in [-0.2, -0.15) is 11.8 Å². The SMILES string of the molecule is O=C(NCCSCc1ccccc1)C1CCCN(c2ccccn2)C1. The molecule has 25 heavy (non-hydrogen) atoms. The molecule has 1 unspecified atom stereocenters. The van der Waals surface area contributed by atoms with Gasteiger partial charge >= 0.3 is 0 Å². The lowest BCUT2D eigenvalue weighted by atomic mass is 9.97. The van der Waals surface area contributed by atoms with Crippen molar-refractivity contribution in [2.75, 3.05) is 30.3 Å². The van der Waals surface area contributed by atoms with Crippen molar-refractivity contribution >= 4 is 23.5 Å². The van der Waals surface area contributed by atoms with Crippen LogP contribution >= 0.6 is 11.8 Å². The number of carbonyl (C=O) groups is 1. The third kappa shape index (κ3) is 5.49. The maximum Gasteiger partial charge on any atom is 0.224 e. The Hall–Kier alpha value is -2.01. The van der Waals surface area contributed by atoms with E-state index in [1.54, 1.807) is 0 Å². The lowest BCUT2D eigenvalue weighted by Crippen LogP contribution is -2.43. The Bertz CT molecular complexity index is 651. The van der Waals surface area contributed by atoms with Crippen LogP contribution in [0.25, 0.3) is 0 Å². The standard InChI is InChI=1S/C20H25N3OS/c24-20(22-12-14-25-16-17-7-2-1-3-8-17)18-9-6-13-23(15-18)19-10-4-5-11-21-19/h1-5,7-8,10-11,18H,6,9,12-16H2,(H,22,24). The summed E-state index contributed by atoms with van der Waals surface area (Å²) in [6, 6.07) is 16.4. The number of hydrogen-bond acceptors (Lipinski definition) is 4. The van der Waals surface area contributed by atoms with Crippen LogP contribution in [0.15, 0.2) is 54.7 Å². The molecule has 1 aliphatic heterocycles. The molecule has 1 aromatic heterocycles. The average Bonchev–Trinajstić information content (AvgIpc) is 2.69. The van der Waals surface area contributed by atoms with Crippen molar-refractivity contribution in [2.45, 2.75) is 18.6 Å². The highest BCUT2D eigenvalue weighted by molar-refractivity contribution is 7.98. The first kappa shape index (κ1) is 17.8. The van der Waals surface area contributed by atoms with Gasteiger partial charge in [-0.05, 0) is 30.5 Å². The Morgan fingerprint density at radius 2 is 2.04 bits per heavy atom. The molecule has 1 fully saturated rings. The number of rotatable bonds is 7. The summed E-state index contributed by atoms with van der Waals surface area (Å²) in [5.74, 6) is 3.15. The number of carbonyl (C=O) groups excluding carboxylic acids is 1. The molecule has 1 atom stereocenters. The molecule has 1 aromatic carbocycles. The van der Waals surface area contributed by atoms with E-state index in [0.717, 1.165) is 49.8 Å². The Balaban J connectivity index is 1.38. The fourth-order valence-electron chi connectivity index (χ4n) is 3.10. The summed E-state index contributed by atoms with van der Waals surface area (Å²) in [6.45, 7) is 2.48. The van der Waals surface area contributed by atoms with Crippen molar-refractivity contribution in [3.05, 3.63) is 60.3 Å². The van der Waals surface area contributed by atoms with Crippen LogP contribution in [0.2, 0.25) is 0 Å². The van der Waals surface area contributed by atoms with Gasteiger partial charge in [0.15, 0.2) is 0 Å². The number of anilines is 1. The zero-order valence-electron chi connectivity index (χ0n) is 14.4. The number of nitrogens with one attached hydrogen (secondary N) is 1. The maximum absolute atomic E-state index is 12.4. The van der Waals surface area contributed by atoms with E-state index >= 15 is 0 Å². The van der Waals surface area contributed by atoms with Crippen molar-refractivity contribution in [3.8, 4) is 0 Å². The summed E-state index contributed by atoms with van der Waals surface area (Å²) in [6.07, 6.45) is 3.81. The van der Waals surface area contributed by atoms with Gasteiger partial charge in [0.25, 0.3) is 0 Å². The summed E-state index contributed by atoms with van der Waals surface area (Å²) >= 11 is 1.86. The van der Waals surface area contributed by atoms with Crippen molar-refractivity contribution in [1.29, 1.82) is 0 Å². The van der Waals surface area contributed by atoms with Crippen LogP contribution in [-0.4, -0.2) is 36.3 Å². The van der Waals surface area contributed by atoms with Crippen molar-refractivity contribution in [1.82, 2.24) is 10.3 Å². The van der Waals surface area contributed by atoms with Crippen LogP contribution in [0, 0.1) is 5.92 Å². The monoisotopic (exact) mass is 355 g/mol. The second-order valence-electron chi connectivity index (χ2n) is 6.30. The summed E-state index contributed by atoms with van der Waals surface area (Å²) in [7, 11) is 0. The number of pyridine rings is 1. The molecule has 1 aliphatic rings. The molecular formula is C20H25N3OS. The van der Waals surface area contributed by atoms with Gasteiger partial charge in [-0.1, -0.05) is 36.4 Å². The van der Waals surface area contributed by atoms with Crippen LogP contribution in [0.3, 0.4) is 0 Å². The summed E-state index contributed by atoms with van der Waals surface area (Å²) in [4.78, 5) is 19.1. The van der Waals surface area contributed by atoms with Crippen LogP contribution in [-0.2, 0) is 10.5 Å². The number of nitrogens with zero attached hydrogens (tertiary/aromatic N) is 2. The molecule has 2 aromatic rings. The normalized spacial score (nSPS) is 17.3. The number of thioether (sulfide) groups is 1. The Morgan fingerprint density at radius 1 is 1.20 bits per heavy atom. The molecule has 0 bridgehead atoms. The minimum absolute atomic E-state index is 0.0647. The molecule has 0 radical (unpaired) electrons. The third-order valence-electron chi connectivity index (χ3n) is 4.42. The van der Waals surface area contributed by atoms with Crippen LogP contribution < -0.4 is 10.2 Å². The van der Waals surface area contributed by atoms with Crippen LogP contribution in [0.1, 0.15) is 18.4 Å². The minimum atomic E-state index is 0.0647. The summed E-state index contributed by atoms with van der Waals surface area (Å²) < 4.78 is 0. The smallest absolute Gasteiger partial charge is 0.224 e. The highest BCUT2D eigenvalue weighted by Gasteiger charge is 2.26. The van der Waals surface area contributed by atoms with E-state index in [1.807, 2.05) is 42.2 Å². The molecule has 2 heterocycles. The Morgan fingerprint density at radius 3 is 2.84 bits per heavy atom. The first-order valence-corrected chi connectivity index (χ1v) is 10.0. The largest absolute Gasteiger partial charge is 0.356 e. The highest BCUT2D eigenvalue weighted by Crippen LogP contribution is 2.21. The van der Waals surface area contributed by atoms with Gasteiger partial charge < -0.3 is 10.2 Å². The topological polar surface area (TPSA) is 45.2 Å². The zero-order valence-corrected chi connectivity index (χ0v) is 15.3. The van der Waals surface area contributed by atoms with Gasteiger partial charge in [0.1, 0.15) is 5.82 Å². The lowest BCUT2D eigenvalue weighted by molar-refractivity contribution is -0.125.